The van der Waals surface area contributed by atoms with Gasteiger partial charge in [-0.2, -0.15) is 0 Å². The molecule has 4 atom stereocenters. The average Bonchev–Trinajstić information content (AvgIpc) is 2.56. The van der Waals surface area contributed by atoms with Crippen LogP contribution in [-0.4, -0.2) is 24.2 Å². The predicted octanol–water partition coefficient (Wildman–Crippen LogP) is 1.73. The highest BCUT2D eigenvalue weighted by molar-refractivity contribution is 5.72. The van der Waals surface area contributed by atoms with Crippen molar-refractivity contribution in [1.29, 1.82) is 0 Å². The van der Waals surface area contributed by atoms with E-state index in [9.17, 15) is 9.90 Å². The third kappa shape index (κ3) is 1.78. The Balaban J connectivity index is 2.15. The van der Waals surface area contributed by atoms with Crippen LogP contribution in [0.5, 0.6) is 0 Å². The summed E-state index contributed by atoms with van der Waals surface area (Å²) in [5.74, 6) is 0.653. The van der Waals surface area contributed by atoms with Gasteiger partial charge in [0, 0.05) is 13.1 Å². The van der Waals surface area contributed by atoms with Gasteiger partial charge >= 0.3 is 5.97 Å². The molecule has 15 heavy (non-hydrogen) atoms. The Morgan fingerprint density at radius 3 is 2.73 bits per heavy atom. The number of carboxylic acid groups (broad SMARTS) is 1. The van der Waals surface area contributed by atoms with Crippen molar-refractivity contribution in [1.82, 2.24) is 5.32 Å². The lowest BCUT2D eigenvalue weighted by atomic mass is 9.62. The van der Waals surface area contributed by atoms with Crippen LogP contribution >= 0.6 is 0 Å². The standard InChI is InChI=1S/C12H21NO2/c1-8-3-4-12(5-9(8)2)7-13-6-10(12)11(14)15/h8-10,13H,3-7H2,1-2H3,(H,14,15). The zero-order valence-electron chi connectivity index (χ0n) is 9.62. The second-order valence-corrected chi connectivity index (χ2v) is 5.58. The van der Waals surface area contributed by atoms with Crippen LogP contribution in [0.15, 0.2) is 0 Å². The number of nitrogens with one attached hydrogen (secondary N) is 1. The van der Waals surface area contributed by atoms with E-state index in [-0.39, 0.29) is 11.3 Å². The summed E-state index contributed by atoms with van der Waals surface area (Å²) in [7, 11) is 0. The molecule has 1 saturated heterocycles. The highest BCUT2D eigenvalue weighted by Crippen LogP contribution is 2.48. The van der Waals surface area contributed by atoms with E-state index in [1.165, 1.54) is 6.42 Å². The highest BCUT2D eigenvalue weighted by atomic mass is 16.4. The first-order valence-corrected chi connectivity index (χ1v) is 5.99. The molecular weight excluding hydrogens is 190 g/mol. The Kier molecular flexibility index (Phi) is 2.75. The molecule has 0 amide bonds. The number of hydrogen-bond acceptors (Lipinski definition) is 2. The number of rotatable bonds is 1. The van der Waals surface area contributed by atoms with Crippen LogP contribution in [0, 0.1) is 23.2 Å². The van der Waals surface area contributed by atoms with Crippen LogP contribution in [-0.2, 0) is 4.79 Å². The summed E-state index contributed by atoms with van der Waals surface area (Å²) in [4.78, 5) is 11.2. The monoisotopic (exact) mass is 211 g/mol. The third-order valence-electron chi connectivity index (χ3n) is 4.66. The zero-order chi connectivity index (χ0) is 11.1. The summed E-state index contributed by atoms with van der Waals surface area (Å²) in [5, 5.41) is 12.5. The number of carbonyl (C=O) groups is 1. The van der Waals surface area contributed by atoms with Gasteiger partial charge in [-0.1, -0.05) is 13.8 Å². The average molecular weight is 211 g/mol. The molecule has 0 aromatic rings. The number of aliphatic carboxylic acids is 1. The van der Waals surface area contributed by atoms with E-state index in [1.807, 2.05) is 0 Å². The van der Waals surface area contributed by atoms with Crippen LogP contribution in [0.4, 0.5) is 0 Å². The molecule has 4 unspecified atom stereocenters. The Hall–Kier alpha value is -0.570. The van der Waals surface area contributed by atoms with Crippen LogP contribution in [0.3, 0.4) is 0 Å². The minimum atomic E-state index is -0.609. The van der Waals surface area contributed by atoms with E-state index in [1.54, 1.807) is 0 Å². The fourth-order valence-corrected chi connectivity index (χ4v) is 3.38. The van der Waals surface area contributed by atoms with Gasteiger partial charge < -0.3 is 10.4 Å². The third-order valence-corrected chi connectivity index (χ3v) is 4.66. The summed E-state index contributed by atoms with van der Waals surface area (Å²) in [6.45, 7) is 6.12. The van der Waals surface area contributed by atoms with Gasteiger partial charge in [-0.15, -0.1) is 0 Å². The van der Waals surface area contributed by atoms with Crippen molar-refractivity contribution < 1.29 is 9.90 Å². The molecule has 1 aliphatic carbocycles. The van der Waals surface area contributed by atoms with Gasteiger partial charge in [-0.3, -0.25) is 4.79 Å². The Bertz CT molecular complexity index is 266. The second-order valence-electron chi connectivity index (χ2n) is 5.58. The van der Waals surface area contributed by atoms with Crippen molar-refractivity contribution in [3.8, 4) is 0 Å². The van der Waals surface area contributed by atoms with Crippen molar-refractivity contribution in [3.05, 3.63) is 0 Å². The molecule has 2 rings (SSSR count). The second kappa shape index (κ2) is 3.78. The van der Waals surface area contributed by atoms with Crippen molar-refractivity contribution in [2.24, 2.45) is 23.2 Å². The topological polar surface area (TPSA) is 49.3 Å². The van der Waals surface area contributed by atoms with Crippen LogP contribution < -0.4 is 5.32 Å². The largest absolute Gasteiger partial charge is 0.481 e. The molecule has 1 saturated carbocycles. The van der Waals surface area contributed by atoms with Crippen molar-refractivity contribution >= 4 is 5.97 Å². The van der Waals surface area contributed by atoms with Gasteiger partial charge in [0.15, 0.2) is 0 Å². The summed E-state index contributed by atoms with van der Waals surface area (Å²) in [5.41, 5.74) is 0.0533. The lowest BCUT2D eigenvalue weighted by Gasteiger charge is -2.42. The molecular formula is C12H21NO2. The van der Waals surface area contributed by atoms with Crippen molar-refractivity contribution in [2.45, 2.75) is 33.1 Å². The molecule has 1 heterocycles. The summed E-state index contributed by atoms with van der Waals surface area (Å²) < 4.78 is 0. The van der Waals surface area contributed by atoms with Gasteiger partial charge in [0.25, 0.3) is 0 Å². The van der Waals surface area contributed by atoms with Gasteiger partial charge in [0.05, 0.1) is 5.92 Å². The Morgan fingerprint density at radius 1 is 1.40 bits per heavy atom. The van der Waals surface area contributed by atoms with Crippen LogP contribution in [0.2, 0.25) is 0 Å². The normalized spacial score (nSPS) is 45.9. The molecule has 2 fully saturated rings. The molecule has 86 valence electrons. The van der Waals surface area contributed by atoms with Crippen LogP contribution in [0.25, 0.3) is 0 Å². The number of carboxylic acids is 1. The first kappa shape index (κ1) is 10.9. The maximum absolute atomic E-state index is 11.2. The molecule has 0 radical (unpaired) electrons. The maximum atomic E-state index is 11.2. The first-order chi connectivity index (χ1) is 7.05. The quantitative estimate of drug-likeness (QED) is 0.694. The van der Waals surface area contributed by atoms with E-state index >= 15 is 0 Å². The van der Waals surface area contributed by atoms with E-state index in [4.69, 9.17) is 0 Å². The predicted molar refractivity (Wildman–Crippen MR) is 58.6 cm³/mol. The SMILES string of the molecule is CC1CCC2(CNCC2C(=O)O)CC1C. The molecule has 2 aliphatic rings. The fourth-order valence-electron chi connectivity index (χ4n) is 3.38. The molecule has 3 nitrogen and oxygen atoms in total. The lowest BCUT2D eigenvalue weighted by molar-refractivity contribution is -0.146. The Labute approximate surface area is 91.2 Å². The molecule has 1 aliphatic heterocycles. The molecule has 3 heteroatoms. The summed E-state index contributed by atoms with van der Waals surface area (Å²) in [6, 6.07) is 0. The molecule has 1 spiro atoms. The minimum Gasteiger partial charge on any atom is -0.481 e. The molecule has 2 N–H and O–H groups in total. The molecule has 0 bridgehead atoms. The molecule has 0 aromatic heterocycles. The summed E-state index contributed by atoms with van der Waals surface area (Å²) >= 11 is 0. The highest BCUT2D eigenvalue weighted by Gasteiger charge is 2.49. The van der Waals surface area contributed by atoms with E-state index in [0.717, 1.165) is 25.3 Å². The number of hydrogen-bond donors (Lipinski definition) is 2. The van der Waals surface area contributed by atoms with E-state index in [0.29, 0.717) is 12.5 Å². The van der Waals surface area contributed by atoms with Crippen molar-refractivity contribution in [3.63, 3.8) is 0 Å². The van der Waals surface area contributed by atoms with E-state index < -0.39 is 5.97 Å². The first-order valence-electron chi connectivity index (χ1n) is 5.99. The van der Waals surface area contributed by atoms with Crippen LogP contribution in [0.1, 0.15) is 33.1 Å². The summed E-state index contributed by atoms with van der Waals surface area (Å²) in [6.07, 6.45) is 3.35. The van der Waals surface area contributed by atoms with Gasteiger partial charge in [-0.25, -0.2) is 0 Å². The maximum Gasteiger partial charge on any atom is 0.308 e. The fraction of sp³-hybridized carbons (Fsp3) is 0.917. The minimum absolute atomic E-state index is 0.0533. The molecule has 0 aromatic carbocycles. The Morgan fingerprint density at radius 2 is 2.13 bits per heavy atom. The zero-order valence-corrected chi connectivity index (χ0v) is 9.62. The van der Waals surface area contributed by atoms with Gasteiger partial charge in [0.1, 0.15) is 0 Å². The van der Waals surface area contributed by atoms with Gasteiger partial charge in [0.2, 0.25) is 0 Å². The lowest BCUT2D eigenvalue weighted by Crippen LogP contribution is -2.40. The van der Waals surface area contributed by atoms with Gasteiger partial charge in [-0.05, 0) is 36.5 Å². The smallest absolute Gasteiger partial charge is 0.308 e. The van der Waals surface area contributed by atoms with Crippen molar-refractivity contribution in [2.75, 3.05) is 13.1 Å². The van der Waals surface area contributed by atoms with E-state index in [2.05, 4.69) is 19.2 Å².